The van der Waals surface area contributed by atoms with Crippen LogP contribution in [0.2, 0.25) is 5.15 Å². The third-order valence-corrected chi connectivity index (χ3v) is 3.34. The summed E-state index contributed by atoms with van der Waals surface area (Å²) in [6, 6.07) is 8.75. The highest BCUT2D eigenvalue weighted by molar-refractivity contribution is 6.35. The molecule has 5 heteroatoms. The van der Waals surface area contributed by atoms with Crippen molar-refractivity contribution in [2.45, 2.75) is 6.18 Å². The number of fused-ring (bicyclic) bond motifs is 3. The van der Waals surface area contributed by atoms with E-state index in [4.69, 9.17) is 11.6 Å². The Labute approximate surface area is 111 Å². The SMILES string of the molecule is FC(F)(F)c1ccc2c(ccc3c(Cl)nccc32)c1. The van der Waals surface area contributed by atoms with Gasteiger partial charge in [0.15, 0.2) is 0 Å². The summed E-state index contributed by atoms with van der Waals surface area (Å²) in [7, 11) is 0. The molecule has 1 aromatic heterocycles. The van der Waals surface area contributed by atoms with Crippen LogP contribution in [0, 0.1) is 0 Å². The number of hydrogen-bond acceptors (Lipinski definition) is 1. The van der Waals surface area contributed by atoms with E-state index in [0.717, 1.165) is 28.3 Å². The molecule has 0 aliphatic carbocycles. The van der Waals surface area contributed by atoms with Gasteiger partial charge in [-0.15, -0.1) is 0 Å². The zero-order valence-electron chi connectivity index (χ0n) is 9.50. The van der Waals surface area contributed by atoms with Crippen LogP contribution in [0.1, 0.15) is 5.56 Å². The van der Waals surface area contributed by atoms with Crippen molar-refractivity contribution in [2.24, 2.45) is 0 Å². The summed E-state index contributed by atoms with van der Waals surface area (Å²) in [4.78, 5) is 3.96. The Morgan fingerprint density at radius 2 is 1.63 bits per heavy atom. The maximum absolute atomic E-state index is 12.7. The molecule has 1 nitrogen and oxygen atoms in total. The Kier molecular flexibility index (Phi) is 2.64. The first-order valence-electron chi connectivity index (χ1n) is 5.51. The van der Waals surface area contributed by atoms with E-state index in [-0.39, 0.29) is 0 Å². The number of alkyl halides is 3. The molecule has 3 rings (SSSR count). The number of halogens is 4. The number of nitrogens with zero attached hydrogens (tertiary/aromatic N) is 1. The van der Waals surface area contributed by atoms with E-state index < -0.39 is 11.7 Å². The van der Waals surface area contributed by atoms with Gasteiger partial charge < -0.3 is 0 Å². The van der Waals surface area contributed by atoms with E-state index >= 15 is 0 Å². The van der Waals surface area contributed by atoms with Crippen LogP contribution in [0.25, 0.3) is 21.5 Å². The van der Waals surface area contributed by atoms with E-state index in [0.29, 0.717) is 10.5 Å². The molecule has 0 N–H and O–H groups in total. The van der Waals surface area contributed by atoms with Crippen molar-refractivity contribution in [1.82, 2.24) is 4.98 Å². The van der Waals surface area contributed by atoms with E-state index in [1.54, 1.807) is 24.4 Å². The molecule has 96 valence electrons. The topological polar surface area (TPSA) is 12.9 Å². The lowest BCUT2D eigenvalue weighted by Gasteiger charge is -2.09. The number of pyridine rings is 1. The highest BCUT2D eigenvalue weighted by atomic mass is 35.5. The van der Waals surface area contributed by atoms with Crippen LogP contribution in [0.3, 0.4) is 0 Å². The van der Waals surface area contributed by atoms with Crippen molar-refractivity contribution in [3.63, 3.8) is 0 Å². The van der Waals surface area contributed by atoms with Gasteiger partial charge in [-0.2, -0.15) is 13.2 Å². The first-order valence-corrected chi connectivity index (χ1v) is 5.89. The van der Waals surface area contributed by atoms with Gasteiger partial charge in [0.25, 0.3) is 0 Å². The highest BCUT2D eigenvalue weighted by Gasteiger charge is 2.30. The van der Waals surface area contributed by atoms with E-state index in [9.17, 15) is 13.2 Å². The van der Waals surface area contributed by atoms with Crippen molar-refractivity contribution in [1.29, 1.82) is 0 Å². The molecule has 0 unspecified atom stereocenters. The van der Waals surface area contributed by atoms with E-state index in [1.165, 1.54) is 6.07 Å². The van der Waals surface area contributed by atoms with E-state index in [2.05, 4.69) is 4.98 Å². The second-order valence-electron chi connectivity index (χ2n) is 4.20. The van der Waals surface area contributed by atoms with Crippen LogP contribution < -0.4 is 0 Å². The molecule has 0 bridgehead atoms. The summed E-state index contributed by atoms with van der Waals surface area (Å²) >= 11 is 5.97. The molecule has 0 aliphatic heterocycles. The average molecular weight is 282 g/mol. The Morgan fingerprint density at radius 1 is 0.895 bits per heavy atom. The maximum Gasteiger partial charge on any atom is 0.416 e. The van der Waals surface area contributed by atoms with Gasteiger partial charge in [-0.25, -0.2) is 4.98 Å². The van der Waals surface area contributed by atoms with Gasteiger partial charge in [0, 0.05) is 11.6 Å². The Balaban J connectivity index is 2.36. The molecule has 0 saturated heterocycles. The fourth-order valence-corrected chi connectivity index (χ4v) is 2.36. The number of rotatable bonds is 0. The minimum Gasteiger partial charge on any atom is -0.244 e. The molecule has 3 aromatic rings. The third-order valence-electron chi connectivity index (χ3n) is 3.04. The highest BCUT2D eigenvalue weighted by Crippen LogP contribution is 2.34. The van der Waals surface area contributed by atoms with Crippen molar-refractivity contribution in [2.75, 3.05) is 0 Å². The lowest BCUT2D eigenvalue weighted by molar-refractivity contribution is -0.137. The summed E-state index contributed by atoms with van der Waals surface area (Å²) in [5.74, 6) is 0. The van der Waals surface area contributed by atoms with Gasteiger partial charge in [0.05, 0.1) is 5.56 Å². The quantitative estimate of drug-likeness (QED) is 0.414. The summed E-state index contributed by atoms with van der Waals surface area (Å²) in [5.41, 5.74) is -0.653. The Bertz CT molecular complexity index is 781. The minimum atomic E-state index is -4.33. The lowest BCUT2D eigenvalue weighted by atomic mass is 10.0. The fraction of sp³-hybridized carbons (Fsp3) is 0.0714. The van der Waals surface area contributed by atoms with Crippen LogP contribution in [-0.4, -0.2) is 4.98 Å². The molecule has 0 spiro atoms. The van der Waals surface area contributed by atoms with Crippen molar-refractivity contribution < 1.29 is 13.2 Å². The second-order valence-corrected chi connectivity index (χ2v) is 4.55. The molecule has 19 heavy (non-hydrogen) atoms. The van der Waals surface area contributed by atoms with Gasteiger partial charge in [0.1, 0.15) is 5.15 Å². The zero-order chi connectivity index (χ0) is 13.6. The lowest BCUT2D eigenvalue weighted by Crippen LogP contribution is -2.04. The summed E-state index contributed by atoms with van der Waals surface area (Å²) < 4.78 is 38.0. The largest absolute Gasteiger partial charge is 0.416 e. The molecule has 0 fully saturated rings. The van der Waals surface area contributed by atoms with Gasteiger partial charge in [-0.05, 0) is 34.4 Å². The fourth-order valence-electron chi connectivity index (χ4n) is 2.14. The van der Waals surface area contributed by atoms with Crippen LogP contribution in [0.4, 0.5) is 13.2 Å². The second kappa shape index (κ2) is 4.10. The first-order chi connectivity index (χ1) is 8.97. The summed E-state index contributed by atoms with van der Waals surface area (Å²) in [5, 5.41) is 3.14. The number of benzene rings is 2. The van der Waals surface area contributed by atoms with Gasteiger partial charge in [-0.1, -0.05) is 29.8 Å². The molecule has 0 atom stereocenters. The number of hydrogen-bond donors (Lipinski definition) is 0. The Hall–Kier alpha value is -1.81. The van der Waals surface area contributed by atoms with Crippen LogP contribution in [0.5, 0.6) is 0 Å². The summed E-state index contributed by atoms with van der Waals surface area (Å²) in [6.07, 6.45) is -2.79. The summed E-state index contributed by atoms with van der Waals surface area (Å²) in [6.45, 7) is 0. The van der Waals surface area contributed by atoms with Crippen molar-refractivity contribution in [3.05, 3.63) is 53.3 Å². The van der Waals surface area contributed by atoms with Crippen molar-refractivity contribution >= 4 is 33.1 Å². The smallest absolute Gasteiger partial charge is 0.244 e. The molecule has 0 amide bonds. The predicted molar refractivity (Wildman–Crippen MR) is 69.3 cm³/mol. The first kappa shape index (κ1) is 12.2. The normalized spacial score (nSPS) is 12.2. The van der Waals surface area contributed by atoms with Crippen LogP contribution in [0.15, 0.2) is 42.6 Å². The third kappa shape index (κ3) is 2.02. The van der Waals surface area contributed by atoms with E-state index in [1.807, 2.05) is 0 Å². The molecule has 0 radical (unpaired) electrons. The molecular weight excluding hydrogens is 275 g/mol. The molecule has 1 heterocycles. The van der Waals surface area contributed by atoms with Gasteiger partial charge >= 0.3 is 6.18 Å². The number of aromatic nitrogens is 1. The molecular formula is C14H7ClF3N. The van der Waals surface area contributed by atoms with Crippen LogP contribution in [-0.2, 0) is 6.18 Å². The minimum absolute atomic E-state index is 0.347. The van der Waals surface area contributed by atoms with Gasteiger partial charge in [0.2, 0.25) is 0 Å². The zero-order valence-corrected chi connectivity index (χ0v) is 10.3. The molecule has 0 saturated carbocycles. The molecule has 2 aromatic carbocycles. The van der Waals surface area contributed by atoms with Gasteiger partial charge in [-0.3, -0.25) is 0 Å². The monoisotopic (exact) mass is 281 g/mol. The predicted octanol–water partition coefficient (Wildman–Crippen LogP) is 5.06. The van der Waals surface area contributed by atoms with Crippen molar-refractivity contribution in [3.8, 4) is 0 Å². The molecule has 0 aliphatic rings. The van der Waals surface area contributed by atoms with Crippen LogP contribution >= 0.6 is 11.6 Å². The Morgan fingerprint density at radius 3 is 2.37 bits per heavy atom. The average Bonchev–Trinajstić information content (AvgIpc) is 2.37. The maximum atomic E-state index is 12.7. The standard InChI is InChI=1S/C14H7ClF3N/c15-13-12-3-1-8-7-9(14(16,17)18)2-4-10(8)11(12)5-6-19-13/h1-7H.